The zero-order valence-corrected chi connectivity index (χ0v) is 12.4. The lowest BCUT2D eigenvalue weighted by Gasteiger charge is -2.03. The monoisotopic (exact) mass is 306 g/mol. The van der Waals surface area contributed by atoms with Gasteiger partial charge in [-0.25, -0.2) is 4.79 Å². The molecule has 0 radical (unpaired) electrons. The molecule has 0 saturated heterocycles. The number of benzene rings is 1. The Bertz CT molecular complexity index is 867. The van der Waals surface area contributed by atoms with Crippen molar-refractivity contribution in [1.29, 1.82) is 0 Å². The Morgan fingerprint density at radius 3 is 2.83 bits per heavy atom. The van der Waals surface area contributed by atoms with E-state index in [9.17, 15) is 4.79 Å². The van der Waals surface area contributed by atoms with Gasteiger partial charge in [-0.2, -0.15) is 0 Å². The van der Waals surface area contributed by atoms with Gasteiger partial charge in [0.05, 0.1) is 23.7 Å². The summed E-state index contributed by atoms with van der Waals surface area (Å²) in [7, 11) is 0. The quantitative estimate of drug-likeness (QED) is 0.736. The molecule has 2 heterocycles. The normalized spacial score (nSPS) is 11.0. The molecule has 1 N–H and O–H groups in total. The number of furan rings is 1. The number of nitrogens with zero attached hydrogens (tertiary/aromatic N) is 2. The number of aromatic carboxylic acids is 1. The fraction of sp³-hybridized carbons (Fsp3) is 0.0556. The summed E-state index contributed by atoms with van der Waals surface area (Å²) in [6.45, 7) is 1.85. The van der Waals surface area contributed by atoms with E-state index in [1.165, 1.54) is 0 Å². The Kier molecular flexibility index (Phi) is 4.01. The van der Waals surface area contributed by atoms with Gasteiger partial charge in [-0.05, 0) is 48.9 Å². The highest BCUT2D eigenvalue weighted by molar-refractivity contribution is 5.89. The van der Waals surface area contributed by atoms with E-state index in [0.717, 1.165) is 16.8 Å². The van der Waals surface area contributed by atoms with Crippen molar-refractivity contribution in [3.8, 4) is 11.3 Å². The minimum absolute atomic E-state index is 0.260. The fourth-order valence-electron chi connectivity index (χ4n) is 2.21. The summed E-state index contributed by atoms with van der Waals surface area (Å²) < 4.78 is 5.76. The third-order valence-corrected chi connectivity index (χ3v) is 3.35. The van der Waals surface area contributed by atoms with Gasteiger partial charge < -0.3 is 9.52 Å². The molecule has 0 bridgehead atoms. The Morgan fingerprint density at radius 2 is 2.13 bits per heavy atom. The van der Waals surface area contributed by atoms with Gasteiger partial charge in [-0.3, -0.25) is 9.98 Å². The first kappa shape index (κ1) is 14.7. The Hall–Kier alpha value is -3.21. The van der Waals surface area contributed by atoms with Crippen LogP contribution < -0.4 is 0 Å². The SMILES string of the molecule is Cc1cc(C(=O)O)ccc1-c1ccc(C=Nc2cccnc2)o1. The minimum Gasteiger partial charge on any atom is -0.478 e. The first-order valence-electron chi connectivity index (χ1n) is 7.02. The predicted molar refractivity (Wildman–Crippen MR) is 87.3 cm³/mol. The second-order valence-electron chi connectivity index (χ2n) is 5.01. The number of aromatic nitrogens is 1. The third kappa shape index (κ3) is 3.35. The first-order valence-corrected chi connectivity index (χ1v) is 7.02. The number of hydrogen-bond donors (Lipinski definition) is 1. The molecule has 0 aliphatic rings. The molecule has 0 atom stereocenters. The standard InChI is InChI=1S/C18H14N2O3/c1-12-9-13(18(21)22)4-6-16(12)17-7-5-15(23-17)11-20-14-3-2-8-19-10-14/h2-11H,1H3,(H,21,22). The van der Waals surface area contributed by atoms with Crippen LogP contribution in [0.1, 0.15) is 21.7 Å². The van der Waals surface area contributed by atoms with Crippen LogP contribution in [0.2, 0.25) is 0 Å². The van der Waals surface area contributed by atoms with Crippen LogP contribution in [0.15, 0.2) is 64.3 Å². The summed E-state index contributed by atoms with van der Waals surface area (Å²) in [6.07, 6.45) is 4.98. The van der Waals surface area contributed by atoms with Crippen LogP contribution in [0.5, 0.6) is 0 Å². The number of carboxylic acids is 1. The summed E-state index contributed by atoms with van der Waals surface area (Å²) in [6, 6.07) is 12.3. The van der Waals surface area contributed by atoms with Gasteiger partial charge >= 0.3 is 5.97 Å². The third-order valence-electron chi connectivity index (χ3n) is 3.35. The molecule has 1 aromatic carbocycles. The molecular formula is C18H14N2O3. The number of pyridine rings is 1. The maximum atomic E-state index is 11.0. The maximum Gasteiger partial charge on any atom is 0.335 e. The van der Waals surface area contributed by atoms with Gasteiger partial charge in [0, 0.05) is 11.8 Å². The molecule has 0 unspecified atom stereocenters. The van der Waals surface area contributed by atoms with Crippen molar-refractivity contribution < 1.29 is 14.3 Å². The number of rotatable bonds is 4. The molecule has 0 aliphatic carbocycles. The predicted octanol–water partition coefficient (Wildman–Crippen LogP) is 4.10. The van der Waals surface area contributed by atoms with Crippen LogP contribution >= 0.6 is 0 Å². The van der Waals surface area contributed by atoms with Crippen molar-refractivity contribution in [3.05, 3.63) is 71.7 Å². The highest BCUT2D eigenvalue weighted by atomic mass is 16.4. The van der Waals surface area contributed by atoms with E-state index in [1.807, 2.05) is 31.2 Å². The Labute approximate surface area is 133 Å². The molecule has 5 heteroatoms. The summed E-state index contributed by atoms with van der Waals surface area (Å²) in [5.74, 6) is 0.348. The lowest BCUT2D eigenvalue weighted by Crippen LogP contribution is -1.96. The average molecular weight is 306 g/mol. The highest BCUT2D eigenvalue weighted by Crippen LogP contribution is 2.26. The number of aryl methyl sites for hydroxylation is 1. The van der Waals surface area contributed by atoms with Gasteiger partial charge in [-0.15, -0.1) is 0 Å². The topological polar surface area (TPSA) is 75.7 Å². The van der Waals surface area contributed by atoms with Gasteiger partial charge in [0.1, 0.15) is 11.5 Å². The van der Waals surface area contributed by atoms with Crippen LogP contribution in [0.25, 0.3) is 11.3 Å². The molecule has 5 nitrogen and oxygen atoms in total. The second kappa shape index (κ2) is 6.27. The van der Waals surface area contributed by atoms with Crippen LogP contribution in [-0.4, -0.2) is 22.3 Å². The second-order valence-corrected chi connectivity index (χ2v) is 5.01. The summed E-state index contributed by atoms with van der Waals surface area (Å²) >= 11 is 0. The van der Waals surface area contributed by atoms with Crippen LogP contribution in [0.3, 0.4) is 0 Å². The zero-order valence-electron chi connectivity index (χ0n) is 12.4. The minimum atomic E-state index is -0.941. The van der Waals surface area contributed by atoms with Crippen molar-refractivity contribution in [2.75, 3.05) is 0 Å². The van der Waals surface area contributed by atoms with Crippen LogP contribution in [0, 0.1) is 6.92 Å². The maximum absolute atomic E-state index is 11.0. The number of carbonyl (C=O) groups is 1. The summed E-state index contributed by atoms with van der Waals surface area (Å²) in [5.41, 5.74) is 2.70. The van der Waals surface area contributed by atoms with E-state index in [0.29, 0.717) is 11.5 Å². The van der Waals surface area contributed by atoms with Crippen molar-refractivity contribution in [2.24, 2.45) is 4.99 Å². The van der Waals surface area contributed by atoms with Crippen LogP contribution in [-0.2, 0) is 0 Å². The highest BCUT2D eigenvalue weighted by Gasteiger charge is 2.10. The van der Waals surface area contributed by atoms with E-state index in [2.05, 4.69) is 9.98 Å². The fourth-order valence-corrected chi connectivity index (χ4v) is 2.21. The van der Waals surface area contributed by atoms with Crippen molar-refractivity contribution >= 4 is 17.9 Å². The van der Waals surface area contributed by atoms with E-state index >= 15 is 0 Å². The lowest BCUT2D eigenvalue weighted by molar-refractivity contribution is 0.0697. The molecule has 23 heavy (non-hydrogen) atoms. The van der Waals surface area contributed by atoms with E-state index in [-0.39, 0.29) is 5.56 Å². The largest absolute Gasteiger partial charge is 0.478 e. The lowest BCUT2D eigenvalue weighted by atomic mass is 10.0. The molecule has 0 fully saturated rings. The van der Waals surface area contributed by atoms with Crippen LogP contribution in [0.4, 0.5) is 5.69 Å². The number of hydrogen-bond acceptors (Lipinski definition) is 4. The van der Waals surface area contributed by atoms with Crippen molar-refractivity contribution in [1.82, 2.24) is 4.98 Å². The van der Waals surface area contributed by atoms with Gasteiger partial charge in [-0.1, -0.05) is 6.07 Å². The molecule has 0 amide bonds. The van der Waals surface area contributed by atoms with Gasteiger partial charge in [0.15, 0.2) is 0 Å². The van der Waals surface area contributed by atoms with E-state index < -0.39 is 5.97 Å². The van der Waals surface area contributed by atoms with Gasteiger partial charge in [0.2, 0.25) is 0 Å². The van der Waals surface area contributed by atoms with E-state index in [1.54, 1.807) is 36.8 Å². The first-order chi connectivity index (χ1) is 11.1. The van der Waals surface area contributed by atoms with Crippen molar-refractivity contribution in [3.63, 3.8) is 0 Å². The van der Waals surface area contributed by atoms with Crippen molar-refractivity contribution in [2.45, 2.75) is 6.92 Å². The number of carboxylic acid groups (broad SMARTS) is 1. The number of aliphatic imine (C=N–C) groups is 1. The Morgan fingerprint density at radius 1 is 1.26 bits per heavy atom. The molecule has 0 spiro atoms. The molecule has 0 aliphatic heterocycles. The molecular weight excluding hydrogens is 292 g/mol. The van der Waals surface area contributed by atoms with Gasteiger partial charge in [0.25, 0.3) is 0 Å². The molecule has 114 valence electrons. The molecule has 3 aromatic rings. The molecule has 0 saturated carbocycles. The Balaban J connectivity index is 1.85. The molecule has 3 rings (SSSR count). The smallest absolute Gasteiger partial charge is 0.335 e. The average Bonchev–Trinajstić information content (AvgIpc) is 3.02. The summed E-state index contributed by atoms with van der Waals surface area (Å²) in [4.78, 5) is 19.3. The van der Waals surface area contributed by atoms with E-state index in [4.69, 9.17) is 9.52 Å². The summed E-state index contributed by atoms with van der Waals surface area (Å²) in [5, 5.41) is 9.01. The molecule has 2 aromatic heterocycles. The zero-order chi connectivity index (χ0) is 16.2.